The molecule has 0 saturated carbocycles. The molecule has 0 heterocycles. The molecule has 9 nitrogen and oxygen atoms in total. The van der Waals surface area contributed by atoms with Crippen LogP contribution in [0.5, 0.6) is 0 Å². The maximum absolute atomic E-state index is 12.6. The highest BCUT2D eigenvalue weighted by Gasteiger charge is 2.26. The average Bonchev–Trinajstić information content (AvgIpc) is 3.19. The first-order valence-corrected chi connectivity index (χ1v) is 24.8. The smallest absolute Gasteiger partial charge is 0.457 e. The molecule has 3 unspecified atom stereocenters. The molecule has 0 aliphatic rings. The van der Waals surface area contributed by atoms with Crippen LogP contribution in [0.3, 0.4) is 0 Å². The van der Waals surface area contributed by atoms with Gasteiger partial charge in [0, 0.05) is 13.0 Å². The Kier molecular flexibility index (Phi) is 42.7. The van der Waals surface area contributed by atoms with Crippen LogP contribution in [0.4, 0.5) is 0 Å². The number of carbonyl (C=O) groups is 1. The van der Waals surface area contributed by atoms with Crippen molar-refractivity contribution in [3.05, 3.63) is 24.3 Å². The van der Waals surface area contributed by atoms with E-state index in [1.54, 1.807) is 0 Å². The molecule has 0 amide bonds. The van der Waals surface area contributed by atoms with Crippen LogP contribution >= 0.6 is 7.82 Å². The summed E-state index contributed by atoms with van der Waals surface area (Å²) in [6.07, 6.45) is 45.8. The molecule has 10 heteroatoms. The van der Waals surface area contributed by atoms with Gasteiger partial charge in [0.15, 0.2) is 0 Å². The lowest BCUT2D eigenvalue weighted by Crippen LogP contribution is -2.29. The molecule has 0 fully saturated rings. The van der Waals surface area contributed by atoms with Crippen molar-refractivity contribution in [3.63, 3.8) is 0 Å². The number of unbranched alkanes of at least 4 members (excludes halogenated alkanes) is 27. The number of rotatable bonds is 45. The molecule has 3 N–H and O–H groups in total. The summed E-state index contributed by atoms with van der Waals surface area (Å²) >= 11 is 0. The van der Waals surface area contributed by atoms with Gasteiger partial charge in [0.2, 0.25) is 0 Å². The maximum atomic E-state index is 12.6. The lowest BCUT2D eigenvalue weighted by Gasteiger charge is -2.20. The third-order valence-corrected chi connectivity index (χ3v) is 11.1. The minimum absolute atomic E-state index is 0.0484. The number of hydrogen-bond donors (Lipinski definition) is 3. The fraction of sp³-hybridized carbons (Fsp3) is 0.891. The first-order chi connectivity index (χ1) is 27.3. The van der Waals surface area contributed by atoms with Crippen molar-refractivity contribution < 1.29 is 43.0 Å². The van der Waals surface area contributed by atoms with E-state index in [2.05, 4.69) is 38.2 Å². The van der Waals surface area contributed by atoms with E-state index in [4.69, 9.17) is 23.6 Å². The van der Waals surface area contributed by atoms with Crippen molar-refractivity contribution in [3.8, 4) is 0 Å². The van der Waals surface area contributed by atoms with Gasteiger partial charge in [-0.2, -0.15) is 0 Å². The fourth-order valence-corrected chi connectivity index (χ4v) is 7.30. The van der Waals surface area contributed by atoms with E-state index < -0.39 is 39.2 Å². The first-order valence-electron chi connectivity index (χ1n) is 23.3. The van der Waals surface area contributed by atoms with Crippen LogP contribution in [0.2, 0.25) is 0 Å². The molecule has 0 saturated heterocycles. The zero-order valence-electron chi connectivity index (χ0n) is 36.4. The van der Waals surface area contributed by atoms with Crippen LogP contribution in [0, 0.1) is 0 Å². The number of phosphoric ester groups is 1. The number of carbonyl (C=O) groups excluding carboxylic acids is 1. The van der Waals surface area contributed by atoms with Gasteiger partial charge in [-0.25, -0.2) is 4.57 Å². The molecular formula is C46H89O9P. The second-order valence-corrected chi connectivity index (χ2v) is 17.2. The van der Waals surface area contributed by atoms with Gasteiger partial charge in [-0.1, -0.05) is 179 Å². The molecule has 3 atom stereocenters. The fourth-order valence-electron chi connectivity index (χ4n) is 6.51. The Morgan fingerprint density at radius 3 is 1.39 bits per heavy atom. The molecule has 0 aromatic carbocycles. The molecule has 0 rings (SSSR count). The Hall–Kier alpha value is -1.06. The summed E-state index contributed by atoms with van der Waals surface area (Å²) in [7, 11) is -4.51. The van der Waals surface area contributed by atoms with Gasteiger partial charge in [-0.05, 0) is 57.8 Å². The standard InChI is InChI=1S/C46H89O9P/c1-3-5-7-9-11-13-15-16-17-18-19-20-21-22-23-24-25-26-27-29-31-33-35-37-39-52-42-45(43-54-56(50,51)53-41-44(48)40-47)55-46(49)38-36-34-32-30-28-14-12-10-8-6-4-2/h10,12,18-19,44-45,47-48H,3-9,11,13-17,20-43H2,1-2H3,(H,50,51)/b12-10-,19-18-. The second kappa shape index (κ2) is 43.5. The lowest BCUT2D eigenvalue weighted by molar-refractivity contribution is -0.154. The summed E-state index contributed by atoms with van der Waals surface area (Å²) in [5.41, 5.74) is 0. The number of aliphatic hydroxyl groups excluding tert-OH is 2. The third-order valence-electron chi connectivity index (χ3n) is 10.1. The largest absolute Gasteiger partial charge is 0.472 e. The highest BCUT2D eigenvalue weighted by Crippen LogP contribution is 2.43. The van der Waals surface area contributed by atoms with Gasteiger partial charge in [0.1, 0.15) is 12.2 Å². The van der Waals surface area contributed by atoms with Crippen LogP contribution in [-0.2, 0) is 27.9 Å². The van der Waals surface area contributed by atoms with E-state index in [9.17, 15) is 19.4 Å². The Morgan fingerprint density at radius 2 is 0.929 bits per heavy atom. The summed E-state index contributed by atoms with van der Waals surface area (Å²) in [6, 6.07) is 0. The number of hydrogen-bond acceptors (Lipinski definition) is 8. The van der Waals surface area contributed by atoms with Crippen LogP contribution in [-0.4, -0.2) is 66.3 Å². The number of allylic oxidation sites excluding steroid dienone is 4. The highest BCUT2D eigenvalue weighted by molar-refractivity contribution is 7.47. The monoisotopic (exact) mass is 817 g/mol. The number of esters is 1. The number of ether oxygens (including phenoxy) is 2. The maximum Gasteiger partial charge on any atom is 0.472 e. The number of phosphoric acid groups is 1. The van der Waals surface area contributed by atoms with Crippen LogP contribution in [0.15, 0.2) is 24.3 Å². The second-order valence-electron chi connectivity index (χ2n) is 15.8. The molecule has 0 aliphatic carbocycles. The topological polar surface area (TPSA) is 132 Å². The Bertz CT molecular complexity index is 928. The zero-order valence-corrected chi connectivity index (χ0v) is 37.3. The summed E-state index contributed by atoms with van der Waals surface area (Å²) < 4.78 is 33.4. The molecular weight excluding hydrogens is 727 g/mol. The summed E-state index contributed by atoms with van der Waals surface area (Å²) in [5.74, 6) is -0.391. The predicted octanol–water partition coefficient (Wildman–Crippen LogP) is 13.0. The van der Waals surface area contributed by atoms with Gasteiger partial charge in [0.25, 0.3) is 0 Å². The summed E-state index contributed by atoms with van der Waals surface area (Å²) in [6.45, 7) is 3.49. The minimum atomic E-state index is -4.51. The van der Waals surface area contributed by atoms with Gasteiger partial charge < -0.3 is 24.6 Å². The first kappa shape index (κ1) is 54.9. The third kappa shape index (κ3) is 42.5. The van der Waals surface area contributed by atoms with Crippen LogP contribution < -0.4 is 0 Å². The Labute approximate surface area is 344 Å². The van der Waals surface area contributed by atoms with Crippen molar-refractivity contribution >= 4 is 13.8 Å². The molecule has 0 radical (unpaired) electrons. The van der Waals surface area contributed by atoms with E-state index in [0.29, 0.717) is 6.61 Å². The van der Waals surface area contributed by atoms with Crippen molar-refractivity contribution in [2.75, 3.05) is 33.0 Å². The molecule has 0 aromatic rings. The molecule has 0 aliphatic heterocycles. The molecule has 56 heavy (non-hydrogen) atoms. The van der Waals surface area contributed by atoms with Crippen molar-refractivity contribution in [2.24, 2.45) is 0 Å². The molecule has 0 aromatic heterocycles. The van der Waals surface area contributed by atoms with Gasteiger partial charge in [-0.15, -0.1) is 0 Å². The van der Waals surface area contributed by atoms with Gasteiger partial charge >= 0.3 is 13.8 Å². The lowest BCUT2D eigenvalue weighted by atomic mass is 10.0. The van der Waals surface area contributed by atoms with Crippen LogP contribution in [0.25, 0.3) is 0 Å². The Morgan fingerprint density at radius 1 is 0.536 bits per heavy atom. The molecule has 0 spiro atoms. The van der Waals surface area contributed by atoms with Crippen molar-refractivity contribution in [2.45, 2.75) is 232 Å². The number of aliphatic hydroxyl groups is 2. The van der Waals surface area contributed by atoms with Gasteiger partial charge in [-0.3, -0.25) is 13.8 Å². The minimum Gasteiger partial charge on any atom is -0.457 e. The Balaban J connectivity index is 3.99. The van der Waals surface area contributed by atoms with Gasteiger partial charge in [0.05, 0.1) is 26.4 Å². The van der Waals surface area contributed by atoms with Crippen molar-refractivity contribution in [1.29, 1.82) is 0 Å². The predicted molar refractivity (Wildman–Crippen MR) is 233 cm³/mol. The van der Waals surface area contributed by atoms with Crippen LogP contribution in [0.1, 0.15) is 219 Å². The average molecular weight is 817 g/mol. The SMILES string of the molecule is CCCC/C=C\CCCCCCCC(=O)OC(COCCCCCCCCCCCCCC/C=C\CCCCCCCCCC)COP(=O)(O)OCC(O)CO. The quantitative estimate of drug-likeness (QED) is 0.0238. The molecule has 0 bridgehead atoms. The molecule has 332 valence electrons. The van der Waals surface area contributed by atoms with E-state index in [0.717, 1.165) is 64.2 Å². The van der Waals surface area contributed by atoms with Crippen molar-refractivity contribution in [1.82, 2.24) is 0 Å². The highest BCUT2D eigenvalue weighted by atomic mass is 31.2. The summed E-state index contributed by atoms with van der Waals surface area (Å²) in [5, 5.41) is 18.3. The zero-order chi connectivity index (χ0) is 41.1. The van der Waals surface area contributed by atoms with E-state index in [1.807, 2.05) is 0 Å². The van der Waals surface area contributed by atoms with E-state index in [-0.39, 0.29) is 19.6 Å². The normalized spacial score (nSPS) is 14.2. The van der Waals surface area contributed by atoms with E-state index in [1.165, 1.54) is 135 Å². The van der Waals surface area contributed by atoms with E-state index >= 15 is 0 Å². The summed E-state index contributed by atoms with van der Waals surface area (Å²) in [4.78, 5) is 22.5.